The van der Waals surface area contributed by atoms with E-state index in [1.54, 1.807) is 24.3 Å². The number of rotatable bonds is 6. The average Bonchev–Trinajstić information content (AvgIpc) is 2.74. The Bertz CT molecular complexity index is 757. The first kappa shape index (κ1) is 15.6. The Morgan fingerprint density at radius 1 is 1.33 bits per heavy atom. The summed E-state index contributed by atoms with van der Waals surface area (Å²) in [5, 5.41) is 9.75. The molecule has 0 bridgehead atoms. The van der Waals surface area contributed by atoms with E-state index in [9.17, 15) is 18.3 Å². The van der Waals surface area contributed by atoms with Crippen LogP contribution in [-0.2, 0) is 15.6 Å². The van der Waals surface area contributed by atoms with E-state index < -0.39 is 15.8 Å². The van der Waals surface area contributed by atoms with E-state index in [4.69, 9.17) is 4.42 Å². The summed E-state index contributed by atoms with van der Waals surface area (Å²) in [6.45, 7) is 3.78. The lowest BCUT2D eigenvalue weighted by Crippen LogP contribution is -2.16. The number of carboxylic acid groups (broad SMARTS) is 1. The molecule has 1 N–H and O–H groups in total. The van der Waals surface area contributed by atoms with Gasteiger partial charge in [0.15, 0.2) is 9.84 Å². The van der Waals surface area contributed by atoms with Crippen LogP contribution in [-0.4, -0.2) is 25.2 Å². The summed E-state index contributed by atoms with van der Waals surface area (Å²) in [6, 6.07) is 6.66. The van der Waals surface area contributed by atoms with Crippen molar-refractivity contribution in [3.05, 3.63) is 35.6 Å². The van der Waals surface area contributed by atoms with Crippen LogP contribution in [0.2, 0.25) is 0 Å². The summed E-state index contributed by atoms with van der Waals surface area (Å²) in [4.78, 5) is 11.4. The summed E-state index contributed by atoms with van der Waals surface area (Å²) in [6.07, 6.45) is 0.755. The standard InChI is InChI=1S/C15H18O5S/c1-3-10(2)8-21(18,19)9-13-14(15(16)17)11-6-4-5-7-12(11)20-13/h4-7,10H,3,8-9H2,1-2H3,(H,16,17). The Morgan fingerprint density at radius 2 is 2.00 bits per heavy atom. The monoisotopic (exact) mass is 310 g/mol. The van der Waals surface area contributed by atoms with Crippen molar-refractivity contribution in [2.24, 2.45) is 5.92 Å². The van der Waals surface area contributed by atoms with Gasteiger partial charge in [-0.2, -0.15) is 0 Å². The highest BCUT2D eigenvalue weighted by Gasteiger charge is 2.25. The molecule has 2 aromatic rings. The number of carboxylic acids is 1. The van der Waals surface area contributed by atoms with Crippen molar-refractivity contribution >= 4 is 26.8 Å². The minimum Gasteiger partial charge on any atom is -0.478 e. The highest BCUT2D eigenvalue weighted by atomic mass is 32.2. The summed E-state index contributed by atoms with van der Waals surface area (Å²) in [5.41, 5.74) is 0.335. The lowest BCUT2D eigenvalue weighted by Gasteiger charge is -2.08. The molecule has 0 spiro atoms. The lowest BCUT2D eigenvalue weighted by molar-refractivity contribution is 0.0697. The second kappa shape index (κ2) is 5.89. The number of para-hydroxylation sites is 1. The van der Waals surface area contributed by atoms with Crippen LogP contribution >= 0.6 is 0 Å². The highest BCUT2D eigenvalue weighted by molar-refractivity contribution is 7.90. The van der Waals surface area contributed by atoms with Crippen LogP contribution in [0.15, 0.2) is 28.7 Å². The molecule has 1 heterocycles. The predicted molar refractivity (Wildman–Crippen MR) is 80.1 cm³/mol. The lowest BCUT2D eigenvalue weighted by atomic mass is 10.1. The average molecular weight is 310 g/mol. The first-order valence-electron chi connectivity index (χ1n) is 6.78. The van der Waals surface area contributed by atoms with Gasteiger partial charge in [-0.15, -0.1) is 0 Å². The largest absolute Gasteiger partial charge is 0.478 e. The molecule has 1 unspecified atom stereocenters. The maximum absolute atomic E-state index is 12.2. The molecule has 6 heteroatoms. The van der Waals surface area contributed by atoms with Crippen LogP contribution in [0.5, 0.6) is 0 Å². The van der Waals surface area contributed by atoms with Crippen molar-refractivity contribution in [3.63, 3.8) is 0 Å². The van der Waals surface area contributed by atoms with E-state index in [1.807, 2.05) is 13.8 Å². The van der Waals surface area contributed by atoms with Crippen molar-refractivity contribution in [3.8, 4) is 0 Å². The molecule has 0 aliphatic rings. The zero-order chi connectivity index (χ0) is 15.6. The van der Waals surface area contributed by atoms with Crippen molar-refractivity contribution < 1.29 is 22.7 Å². The number of aromatic carboxylic acids is 1. The maximum atomic E-state index is 12.2. The summed E-state index contributed by atoms with van der Waals surface area (Å²) in [7, 11) is -3.41. The van der Waals surface area contributed by atoms with Gasteiger partial charge in [-0.1, -0.05) is 38.5 Å². The summed E-state index contributed by atoms with van der Waals surface area (Å²) in [5.74, 6) is -1.49. The zero-order valence-corrected chi connectivity index (χ0v) is 12.8. The van der Waals surface area contributed by atoms with Crippen molar-refractivity contribution in [1.82, 2.24) is 0 Å². The number of carbonyl (C=O) groups is 1. The third-order valence-electron chi connectivity index (χ3n) is 3.47. The number of hydrogen-bond donors (Lipinski definition) is 1. The fraction of sp³-hybridized carbons (Fsp3) is 0.400. The molecule has 5 nitrogen and oxygen atoms in total. The topological polar surface area (TPSA) is 84.6 Å². The molecule has 0 aliphatic carbocycles. The van der Waals surface area contributed by atoms with E-state index in [-0.39, 0.29) is 28.7 Å². The molecule has 0 saturated heterocycles. The molecule has 2 rings (SSSR count). The molecule has 0 saturated carbocycles. The van der Waals surface area contributed by atoms with Gasteiger partial charge < -0.3 is 9.52 Å². The molecule has 0 amide bonds. The first-order chi connectivity index (χ1) is 9.84. The van der Waals surface area contributed by atoms with Crippen LogP contribution in [0, 0.1) is 5.92 Å². The molecule has 0 radical (unpaired) electrons. The van der Waals surface area contributed by atoms with Gasteiger partial charge in [0.05, 0.1) is 5.75 Å². The maximum Gasteiger partial charge on any atom is 0.339 e. The van der Waals surface area contributed by atoms with Crippen LogP contribution in [0.3, 0.4) is 0 Å². The fourth-order valence-electron chi connectivity index (χ4n) is 2.24. The SMILES string of the molecule is CCC(C)CS(=O)(=O)Cc1oc2ccccc2c1C(=O)O. The molecule has 0 fully saturated rings. The molecular weight excluding hydrogens is 292 g/mol. The van der Waals surface area contributed by atoms with E-state index in [1.165, 1.54) is 0 Å². The number of hydrogen-bond acceptors (Lipinski definition) is 4. The molecule has 1 atom stereocenters. The third kappa shape index (κ3) is 3.44. The van der Waals surface area contributed by atoms with Crippen molar-refractivity contribution in [1.29, 1.82) is 0 Å². The van der Waals surface area contributed by atoms with Gasteiger partial charge in [0.2, 0.25) is 0 Å². The Kier molecular flexibility index (Phi) is 4.37. The first-order valence-corrected chi connectivity index (χ1v) is 8.60. The van der Waals surface area contributed by atoms with Crippen molar-refractivity contribution in [2.75, 3.05) is 5.75 Å². The second-order valence-corrected chi connectivity index (χ2v) is 7.38. The number of furan rings is 1. The van der Waals surface area contributed by atoms with Gasteiger partial charge in [0.25, 0.3) is 0 Å². The minimum absolute atomic E-state index is 0.00648. The van der Waals surface area contributed by atoms with Gasteiger partial charge in [0.1, 0.15) is 22.7 Å². The Balaban J connectivity index is 2.43. The zero-order valence-electron chi connectivity index (χ0n) is 12.0. The molecule has 1 aromatic carbocycles. The van der Waals surface area contributed by atoms with Gasteiger partial charge in [-0.05, 0) is 12.0 Å². The second-order valence-electron chi connectivity index (χ2n) is 5.27. The molecule has 21 heavy (non-hydrogen) atoms. The van der Waals surface area contributed by atoms with E-state index in [0.29, 0.717) is 11.0 Å². The van der Waals surface area contributed by atoms with Gasteiger partial charge in [-0.3, -0.25) is 0 Å². The molecular formula is C15H18O5S. The molecule has 1 aromatic heterocycles. The van der Waals surface area contributed by atoms with Gasteiger partial charge in [-0.25, -0.2) is 13.2 Å². The summed E-state index contributed by atoms with van der Waals surface area (Å²) < 4.78 is 29.8. The minimum atomic E-state index is -3.41. The van der Waals surface area contributed by atoms with Crippen LogP contribution < -0.4 is 0 Å². The Morgan fingerprint density at radius 3 is 2.62 bits per heavy atom. The third-order valence-corrected chi connectivity index (χ3v) is 5.25. The quantitative estimate of drug-likeness (QED) is 0.886. The summed E-state index contributed by atoms with van der Waals surface area (Å²) >= 11 is 0. The van der Waals surface area contributed by atoms with Gasteiger partial charge >= 0.3 is 5.97 Å². The van der Waals surface area contributed by atoms with E-state index >= 15 is 0 Å². The predicted octanol–water partition coefficient (Wildman–Crippen LogP) is 3.09. The van der Waals surface area contributed by atoms with Crippen molar-refractivity contribution in [2.45, 2.75) is 26.0 Å². The number of benzene rings is 1. The van der Waals surface area contributed by atoms with Gasteiger partial charge in [0, 0.05) is 5.39 Å². The Labute approximate surface area is 123 Å². The highest BCUT2D eigenvalue weighted by Crippen LogP contribution is 2.27. The van der Waals surface area contributed by atoms with E-state index in [0.717, 1.165) is 6.42 Å². The van der Waals surface area contributed by atoms with Crippen LogP contribution in [0.1, 0.15) is 36.4 Å². The Hall–Kier alpha value is -1.82. The molecule has 114 valence electrons. The molecule has 0 aliphatic heterocycles. The smallest absolute Gasteiger partial charge is 0.339 e. The normalized spacial score (nSPS) is 13.4. The van der Waals surface area contributed by atoms with E-state index in [2.05, 4.69) is 0 Å². The van der Waals surface area contributed by atoms with Crippen LogP contribution in [0.25, 0.3) is 11.0 Å². The number of fused-ring (bicyclic) bond motifs is 1. The number of sulfone groups is 1. The fourth-order valence-corrected chi connectivity index (χ4v) is 4.07. The van der Waals surface area contributed by atoms with Crippen LogP contribution in [0.4, 0.5) is 0 Å².